The Morgan fingerprint density at radius 1 is 1.07 bits per heavy atom. The van der Waals surface area contributed by atoms with E-state index in [1.165, 1.54) is 18.3 Å². The zero-order valence-electron chi connectivity index (χ0n) is 15.8. The smallest absolute Gasteiger partial charge is 0.288 e. The molecule has 1 saturated heterocycles. The number of pyridine rings is 1. The van der Waals surface area contributed by atoms with E-state index in [1.807, 2.05) is 30.3 Å². The Hall–Kier alpha value is -3.48. The minimum atomic E-state index is -0.415. The average molecular weight is 392 g/mol. The molecule has 3 aromatic rings. The van der Waals surface area contributed by atoms with E-state index < -0.39 is 4.92 Å². The van der Waals surface area contributed by atoms with Crippen molar-refractivity contribution in [3.05, 3.63) is 82.8 Å². The van der Waals surface area contributed by atoms with Crippen LogP contribution in [0.2, 0.25) is 0 Å². The predicted octanol–water partition coefficient (Wildman–Crippen LogP) is 4.88. The number of hydrogen-bond donors (Lipinski definition) is 1. The van der Waals surface area contributed by atoms with E-state index in [2.05, 4.69) is 15.2 Å². The van der Waals surface area contributed by atoms with Crippen molar-refractivity contribution in [3.8, 4) is 11.1 Å². The number of anilines is 2. The van der Waals surface area contributed by atoms with Crippen LogP contribution in [-0.4, -0.2) is 29.0 Å². The second kappa shape index (κ2) is 8.26. The van der Waals surface area contributed by atoms with Gasteiger partial charge in [-0.25, -0.2) is 9.37 Å². The molecule has 148 valence electrons. The fourth-order valence-corrected chi connectivity index (χ4v) is 3.65. The summed E-state index contributed by atoms with van der Waals surface area (Å²) in [5.74, 6) is 0.519. The first kappa shape index (κ1) is 18.9. The summed E-state index contributed by atoms with van der Waals surface area (Å²) >= 11 is 0. The molecule has 1 aliphatic heterocycles. The standard InChI is InChI=1S/C22H21FN4O2/c23-17-6-8-18(9-7-17)25-19-10-12-26(13-11-19)22-21(16-4-2-1-3-5-16)14-20(15-24-22)27(28)29/h1-9,14-15,19,25H,10-13H2. The van der Waals surface area contributed by atoms with Gasteiger partial charge in [-0.3, -0.25) is 10.1 Å². The Morgan fingerprint density at radius 3 is 2.41 bits per heavy atom. The van der Waals surface area contributed by atoms with Gasteiger partial charge in [-0.15, -0.1) is 0 Å². The van der Waals surface area contributed by atoms with Crippen LogP contribution in [0.25, 0.3) is 11.1 Å². The molecule has 2 aromatic carbocycles. The molecule has 0 saturated carbocycles. The highest BCUT2D eigenvalue weighted by molar-refractivity contribution is 5.77. The van der Waals surface area contributed by atoms with Gasteiger partial charge in [0.25, 0.3) is 5.69 Å². The van der Waals surface area contributed by atoms with Crippen molar-refractivity contribution in [2.75, 3.05) is 23.3 Å². The summed E-state index contributed by atoms with van der Waals surface area (Å²) < 4.78 is 13.1. The zero-order valence-corrected chi connectivity index (χ0v) is 15.8. The summed E-state index contributed by atoms with van der Waals surface area (Å²) in [6.07, 6.45) is 3.11. The zero-order chi connectivity index (χ0) is 20.2. The van der Waals surface area contributed by atoms with Gasteiger partial charge in [0.1, 0.15) is 17.8 Å². The van der Waals surface area contributed by atoms with Gasteiger partial charge in [0.15, 0.2) is 0 Å². The van der Waals surface area contributed by atoms with Crippen molar-refractivity contribution in [1.82, 2.24) is 4.98 Å². The summed E-state index contributed by atoms with van der Waals surface area (Å²) in [4.78, 5) is 17.4. The topological polar surface area (TPSA) is 71.3 Å². The highest BCUT2D eigenvalue weighted by Gasteiger charge is 2.24. The van der Waals surface area contributed by atoms with E-state index >= 15 is 0 Å². The number of nitrogens with zero attached hydrogens (tertiary/aromatic N) is 3. The van der Waals surface area contributed by atoms with Gasteiger partial charge in [0.2, 0.25) is 0 Å². The molecule has 6 nitrogen and oxygen atoms in total. The highest BCUT2D eigenvalue weighted by atomic mass is 19.1. The molecule has 2 heterocycles. The van der Waals surface area contributed by atoms with Crippen molar-refractivity contribution in [3.63, 3.8) is 0 Å². The van der Waals surface area contributed by atoms with E-state index in [0.29, 0.717) is 0 Å². The minimum absolute atomic E-state index is 0.0135. The van der Waals surface area contributed by atoms with Crippen LogP contribution < -0.4 is 10.2 Å². The van der Waals surface area contributed by atoms with Crippen LogP contribution >= 0.6 is 0 Å². The number of hydrogen-bond acceptors (Lipinski definition) is 5. The fourth-order valence-electron chi connectivity index (χ4n) is 3.65. The molecular weight excluding hydrogens is 371 g/mol. The summed E-state index contributed by atoms with van der Waals surface area (Å²) in [5, 5.41) is 14.7. The number of nitro groups is 1. The molecule has 29 heavy (non-hydrogen) atoms. The van der Waals surface area contributed by atoms with Gasteiger partial charge in [0.05, 0.1) is 4.92 Å². The Kier molecular flexibility index (Phi) is 5.37. The van der Waals surface area contributed by atoms with Crippen LogP contribution in [0.5, 0.6) is 0 Å². The quantitative estimate of drug-likeness (QED) is 0.495. The third kappa shape index (κ3) is 4.34. The van der Waals surface area contributed by atoms with Crippen molar-refractivity contribution >= 4 is 17.2 Å². The lowest BCUT2D eigenvalue weighted by Crippen LogP contribution is -2.39. The molecule has 1 aliphatic rings. The molecule has 1 aromatic heterocycles. The number of benzene rings is 2. The second-order valence-corrected chi connectivity index (χ2v) is 7.10. The number of rotatable bonds is 5. The molecule has 0 unspecified atom stereocenters. The molecule has 1 N–H and O–H groups in total. The van der Waals surface area contributed by atoms with Crippen LogP contribution in [0.1, 0.15) is 12.8 Å². The van der Waals surface area contributed by atoms with Crippen LogP contribution in [0.3, 0.4) is 0 Å². The van der Waals surface area contributed by atoms with E-state index in [0.717, 1.165) is 48.6 Å². The molecule has 4 rings (SSSR count). The number of nitrogens with one attached hydrogen (secondary N) is 1. The van der Waals surface area contributed by atoms with Crippen LogP contribution in [-0.2, 0) is 0 Å². The lowest BCUT2D eigenvalue weighted by Gasteiger charge is -2.34. The summed E-state index contributed by atoms with van der Waals surface area (Å²) in [6, 6.07) is 17.9. The molecular formula is C22H21FN4O2. The fraction of sp³-hybridized carbons (Fsp3) is 0.227. The van der Waals surface area contributed by atoms with Crippen molar-refractivity contribution < 1.29 is 9.31 Å². The van der Waals surface area contributed by atoms with Gasteiger partial charge in [0, 0.05) is 36.4 Å². The number of piperidine rings is 1. The Balaban J connectivity index is 1.52. The first-order valence-corrected chi connectivity index (χ1v) is 9.57. The first-order valence-electron chi connectivity index (χ1n) is 9.57. The SMILES string of the molecule is O=[N+]([O-])c1cnc(N2CCC(Nc3ccc(F)cc3)CC2)c(-c2ccccc2)c1. The van der Waals surface area contributed by atoms with Crippen molar-refractivity contribution in [2.45, 2.75) is 18.9 Å². The second-order valence-electron chi connectivity index (χ2n) is 7.10. The molecule has 0 bridgehead atoms. The van der Waals surface area contributed by atoms with Crippen LogP contribution in [0.4, 0.5) is 21.6 Å². The number of halogens is 1. The summed E-state index contributed by atoms with van der Waals surface area (Å²) in [6.45, 7) is 1.56. The molecule has 1 fully saturated rings. The number of aromatic nitrogens is 1. The summed E-state index contributed by atoms with van der Waals surface area (Å²) in [7, 11) is 0. The Morgan fingerprint density at radius 2 is 1.76 bits per heavy atom. The molecule has 7 heteroatoms. The first-order chi connectivity index (χ1) is 14.1. The van der Waals surface area contributed by atoms with Crippen molar-refractivity contribution in [2.24, 2.45) is 0 Å². The monoisotopic (exact) mass is 392 g/mol. The molecule has 0 spiro atoms. The van der Waals surface area contributed by atoms with Gasteiger partial charge in [-0.1, -0.05) is 30.3 Å². The molecule has 0 aliphatic carbocycles. The van der Waals surface area contributed by atoms with Gasteiger partial charge >= 0.3 is 0 Å². The third-order valence-corrected chi connectivity index (χ3v) is 5.16. The molecule has 0 radical (unpaired) electrons. The van der Waals surface area contributed by atoms with Crippen molar-refractivity contribution in [1.29, 1.82) is 0 Å². The predicted molar refractivity (Wildman–Crippen MR) is 112 cm³/mol. The third-order valence-electron chi connectivity index (χ3n) is 5.16. The lowest BCUT2D eigenvalue weighted by atomic mass is 10.0. The maximum absolute atomic E-state index is 13.1. The van der Waals surface area contributed by atoms with E-state index in [-0.39, 0.29) is 17.5 Å². The summed E-state index contributed by atoms with van der Waals surface area (Å²) in [5.41, 5.74) is 2.57. The van der Waals surface area contributed by atoms with Crippen LogP contribution in [0.15, 0.2) is 66.9 Å². The van der Waals surface area contributed by atoms with E-state index in [4.69, 9.17) is 0 Å². The highest BCUT2D eigenvalue weighted by Crippen LogP contribution is 2.33. The lowest BCUT2D eigenvalue weighted by molar-refractivity contribution is -0.385. The van der Waals surface area contributed by atoms with Gasteiger partial charge < -0.3 is 10.2 Å². The minimum Gasteiger partial charge on any atom is -0.382 e. The maximum Gasteiger partial charge on any atom is 0.288 e. The van der Waals surface area contributed by atoms with Gasteiger partial charge in [-0.2, -0.15) is 0 Å². The largest absolute Gasteiger partial charge is 0.382 e. The van der Waals surface area contributed by atoms with E-state index in [1.54, 1.807) is 18.2 Å². The van der Waals surface area contributed by atoms with Crippen LogP contribution in [0, 0.1) is 15.9 Å². The van der Waals surface area contributed by atoms with Gasteiger partial charge in [-0.05, 0) is 42.7 Å². The average Bonchev–Trinajstić information content (AvgIpc) is 2.76. The van der Waals surface area contributed by atoms with E-state index in [9.17, 15) is 14.5 Å². The normalized spacial score (nSPS) is 14.6. The molecule has 0 amide bonds. The maximum atomic E-state index is 13.1. The molecule has 0 atom stereocenters. The Labute approximate surface area is 168 Å². The Bertz CT molecular complexity index is 987.